The van der Waals surface area contributed by atoms with Gasteiger partial charge in [0.2, 0.25) is 5.89 Å². The van der Waals surface area contributed by atoms with Crippen LogP contribution in [0.25, 0.3) is 0 Å². The molecule has 2 N–H and O–H groups in total. The van der Waals surface area contributed by atoms with E-state index in [-0.39, 0.29) is 0 Å². The predicted molar refractivity (Wildman–Crippen MR) is 62.1 cm³/mol. The van der Waals surface area contributed by atoms with Gasteiger partial charge in [-0.05, 0) is 31.7 Å². The molecule has 0 bridgehead atoms. The lowest BCUT2D eigenvalue weighted by Gasteiger charge is -2.08. The Bertz CT molecular complexity index is 326. The van der Waals surface area contributed by atoms with Crippen molar-refractivity contribution >= 4 is 6.01 Å². The van der Waals surface area contributed by atoms with Crippen molar-refractivity contribution in [3.05, 3.63) is 5.89 Å². The highest BCUT2D eigenvalue weighted by molar-refractivity contribution is 5.20. The summed E-state index contributed by atoms with van der Waals surface area (Å²) in [5.74, 6) is 1.46. The average molecular weight is 224 g/mol. The molecule has 1 fully saturated rings. The molecule has 90 valence electrons. The van der Waals surface area contributed by atoms with Crippen molar-refractivity contribution in [1.82, 2.24) is 15.5 Å². The van der Waals surface area contributed by atoms with Crippen LogP contribution in [0.4, 0.5) is 6.01 Å². The van der Waals surface area contributed by atoms with Gasteiger partial charge in [-0.3, -0.25) is 0 Å². The minimum Gasteiger partial charge on any atom is -0.407 e. The Morgan fingerprint density at radius 2 is 2.25 bits per heavy atom. The Morgan fingerprint density at radius 3 is 2.94 bits per heavy atom. The van der Waals surface area contributed by atoms with Crippen molar-refractivity contribution in [3.8, 4) is 0 Å². The van der Waals surface area contributed by atoms with Crippen LogP contribution in [-0.4, -0.2) is 22.8 Å². The van der Waals surface area contributed by atoms with E-state index in [1.54, 1.807) is 0 Å². The molecule has 0 radical (unpaired) electrons. The molecule has 2 atom stereocenters. The molecule has 0 amide bonds. The van der Waals surface area contributed by atoms with Crippen molar-refractivity contribution in [3.63, 3.8) is 0 Å². The summed E-state index contributed by atoms with van der Waals surface area (Å²) < 4.78 is 5.49. The van der Waals surface area contributed by atoms with Crippen LogP contribution in [0.2, 0.25) is 0 Å². The maximum Gasteiger partial charge on any atom is 0.315 e. The number of aromatic nitrogens is 2. The maximum atomic E-state index is 5.49. The predicted octanol–water partition coefficient (Wildman–Crippen LogP) is 1.78. The first kappa shape index (κ1) is 11.4. The summed E-state index contributed by atoms with van der Waals surface area (Å²) in [6.45, 7) is 5.89. The second-order valence-electron chi connectivity index (χ2n) is 4.54. The third-order valence-corrected chi connectivity index (χ3v) is 3.02. The first-order chi connectivity index (χ1) is 7.78. The first-order valence-electron chi connectivity index (χ1n) is 6.07. The van der Waals surface area contributed by atoms with E-state index in [1.807, 2.05) is 0 Å². The van der Waals surface area contributed by atoms with Crippen molar-refractivity contribution < 1.29 is 4.42 Å². The molecular weight excluding hydrogens is 204 g/mol. The lowest BCUT2D eigenvalue weighted by Crippen LogP contribution is -2.15. The second kappa shape index (κ2) is 5.30. The minimum atomic E-state index is 0.502. The Labute approximate surface area is 96.0 Å². The molecule has 5 nitrogen and oxygen atoms in total. The van der Waals surface area contributed by atoms with Crippen LogP contribution in [-0.2, 0) is 6.54 Å². The Balaban J connectivity index is 1.83. The van der Waals surface area contributed by atoms with Crippen LogP contribution in [0.15, 0.2) is 4.42 Å². The highest BCUT2D eigenvalue weighted by Gasteiger charge is 2.22. The highest BCUT2D eigenvalue weighted by atomic mass is 16.4. The van der Waals surface area contributed by atoms with Crippen LogP contribution < -0.4 is 10.6 Å². The normalized spacial score (nSPS) is 24.9. The standard InChI is InChI=1S/C11H20N4O/c1-3-12-7-10-14-15-11(16-10)13-9-5-4-8(2)6-9/h8-9,12H,3-7H2,1-2H3,(H,13,15). The van der Waals surface area contributed by atoms with Gasteiger partial charge in [-0.15, -0.1) is 5.10 Å². The Morgan fingerprint density at radius 1 is 1.38 bits per heavy atom. The van der Waals surface area contributed by atoms with Gasteiger partial charge in [0, 0.05) is 6.04 Å². The van der Waals surface area contributed by atoms with Crippen LogP contribution in [0, 0.1) is 5.92 Å². The van der Waals surface area contributed by atoms with Crippen molar-refractivity contribution in [1.29, 1.82) is 0 Å². The second-order valence-corrected chi connectivity index (χ2v) is 4.54. The van der Waals surface area contributed by atoms with Gasteiger partial charge in [-0.2, -0.15) is 0 Å². The molecule has 2 unspecified atom stereocenters. The van der Waals surface area contributed by atoms with Gasteiger partial charge in [0.25, 0.3) is 0 Å². The van der Waals surface area contributed by atoms with Crippen molar-refractivity contribution in [2.45, 2.75) is 45.7 Å². The van der Waals surface area contributed by atoms with E-state index >= 15 is 0 Å². The SMILES string of the molecule is CCNCc1nnc(NC2CCC(C)C2)o1. The van der Waals surface area contributed by atoms with E-state index in [4.69, 9.17) is 4.42 Å². The Hall–Kier alpha value is -1.10. The summed E-state index contributed by atoms with van der Waals surface area (Å²) >= 11 is 0. The molecule has 1 aromatic rings. The number of nitrogens with zero attached hydrogens (tertiary/aromatic N) is 2. The fourth-order valence-corrected chi connectivity index (χ4v) is 2.13. The van der Waals surface area contributed by atoms with Gasteiger partial charge in [0.1, 0.15) is 0 Å². The van der Waals surface area contributed by atoms with Gasteiger partial charge < -0.3 is 15.1 Å². The van der Waals surface area contributed by atoms with Gasteiger partial charge in [-0.1, -0.05) is 18.9 Å². The smallest absolute Gasteiger partial charge is 0.315 e. The average Bonchev–Trinajstić information content (AvgIpc) is 2.86. The fourth-order valence-electron chi connectivity index (χ4n) is 2.13. The molecule has 1 heterocycles. The molecule has 1 aromatic heterocycles. The van der Waals surface area contributed by atoms with Crippen LogP contribution >= 0.6 is 0 Å². The molecule has 5 heteroatoms. The highest BCUT2D eigenvalue weighted by Crippen LogP contribution is 2.26. The number of nitrogens with one attached hydrogen (secondary N) is 2. The summed E-state index contributed by atoms with van der Waals surface area (Å²) in [7, 11) is 0. The molecule has 0 saturated heterocycles. The lowest BCUT2D eigenvalue weighted by atomic mass is 10.1. The summed E-state index contributed by atoms with van der Waals surface area (Å²) in [4.78, 5) is 0. The molecule has 1 aliphatic carbocycles. The molecule has 1 aliphatic rings. The van der Waals surface area contributed by atoms with Crippen molar-refractivity contribution in [2.24, 2.45) is 5.92 Å². The summed E-state index contributed by atoms with van der Waals surface area (Å²) in [6, 6.07) is 1.06. The zero-order valence-corrected chi connectivity index (χ0v) is 9.99. The van der Waals surface area contributed by atoms with E-state index < -0.39 is 0 Å². The molecular formula is C11H20N4O. The fraction of sp³-hybridized carbons (Fsp3) is 0.818. The van der Waals surface area contributed by atoms with Gasteiger partial charge in [-0.25, -0.2) is 0 Å². The van der Waals surface area contributed by atoms with Crippen LogP contribution in [0.1, 0.15) is 39.0 Å². The Kier molecular flexibility index (Phi) is 3.77. The molecule has 16 heavy (non-hydrogen) atoms. The molecule has 1 saturated carbocycles. The molecule has 2 rings (SSSR count). The zero-order chi connectivity index (χ0) is 11.4. The van der Waals surface area contributed by atoms with E-state index in [0.29, 0.717) is 24.5 Å². The number of rotatable bonds is 5. The van der Waals surface area contributed by atoms with E-state index in [2.05, 4.69) is 34.7 Å². The topological polar surface area (TPSA) is 63.0 Å². The van der Waals surface area contributed by atoms with E-state index in [9.17, 15) is 0 Å². The first-order valence-corrected chi connectivity index (χ1v) is 6.07. The summed E-state index contributed by atoms with van der Waals surface area (Å²) in [5.41, 5.74) is 0. The van der Waals surface area contributed by atoms with Crippen LogP contribution in [0.5, 0.6) is 0 Å². The van der Waals surface area contributed by atoms with E-state index in [0.717, 1.165) is 12.5 Å². The maximum absolute atomic E-state index is 5.49. The number of hydrogen-bond donors (Lipinski definition) is 2. The van der Waals surface area contributed by atoms with Gasteiger partial charge in [0.15, 0.2) is 0 Å². The number of anilines is 1. The minimum absolute atomic E-state index is 0.502. The third-order valence-electron chi connectivity index (χ3n) is 3.02. The monoisotopic (exact) mass is 224 g/mol. The summed E-state index contributed by atoms with van der Waals surface area (Å²) in [6.07, 6.45) is 3.69. The number of hydrogen-bond acceptors (Lipinski definition) is 5. The van der Waals surface area contributed by atoms with Crippen molar-refractivity contribution in [2.75, 3.05) is 11.9 Å². The molecule has 0 spiro atoms. The molecule has 0 aromatic carbocycles. The lowest BCUT2D eigenvalue weighted by molar-refractivity contribution is 0.475. The third kappa shape index (κ3) is 2.95. The summed E-state index contributed by atoms with van der Waals surface area (Å²) in [5, 5.41) is 14.4. The quantitative estimate of drug-likeness (QED) is 0.798. The van der Waals surface area contributed by atoms with Gasteiger partial charge in [0.05, 0.1) is 6.54 Å². The largest absolute Gasteiger partial charge is 0.407 e. The molecule has 0 aliphatic heterocycles. The van der Waals surface area contributed by atoms with Gasteiger partial charge >= 0.3 is 6.01 Å². The van der Waals surface area contributed by atoms with E-state index in [1.165, 1.54) is 19.3 Å². The van der Waals surface area contributed by atoms with Crippen LogP contribution in [0.3, 0.4) is 0 Å². The zero-order valence-electron chi connectivity index (χ0n) is 9.99.